The summed E-state index contributed by atoms with van der Waals surface area (Å²) in [4.78, 5) is 6.79. The first-order chi connectivity index (χ1) is 10.7. The molecule has 118 valence electrons. The molecule has 0 spiro atoms. The van der Waals surface area contributed by atoms with Gasteiger partial charge in [0.2, 0.25) is 5.89 Å². The molecule has 5 nitrogen and oxygen atoms in total. The number of methoxy groups -OCH3 is 1. The second-order valence-corrected chi connectivity index (χ2v) is 6.10. The zero-order valence-corrected chi connectivity index (χ0v) is 13.5. The summed E-state index contributed by atoms with van der Waals surface area (Å²) in [6, 6.07) is 8.62. The van der Waals surface area contributed by atoms with Crippen molar-refractivity contribution in [1.29, 1.82) is 0 Å². The molecule has 0 N–H and O–H groups in total. The van der Waals surface area contributed by atoms with Crippen LogP contribution in [-0.2, 0) is 6.54 Å². The van der Waals surface area contributed by atoms with E-state index in [9.17, 15) is 0 Å². The summed E-state index contributed by atoms with van der Waals surface area (Å²) in [6.07, 6.45) is 2.35. The molecule has 1 aromatic carbocycles. The third kappa shape index (κ3) is 3.14. The van der Waals surface area contributed by atoms with Gasteiger partial charge >= 0.3 is 0 Å². The molecule has 1 aliphatic rings. The minimum atomic E-state index is 0.339. The molecule has 2 heterocycles. The minimum Gasteiger partial charge on any atom is -0.496 e. The fourth-order valence-electron chi connectivity index (χ4n) is 3.30. The minimum absolute atomic E-state index is 0.339. The maximum Gasteiger partial charge on any atom is 0.223 e. The van der Waals surface area contributed by atoms with Crippen molar-refractivity contribution in [2.45, 2.75) is 39.3 Å². The molecule has 0 radical (unpaired) electrons. The average molecular weight is 301 g/mol. The fourth-order valence-corrected chi connectivity index (χ4v) is 3.30. The highest BCUT2D eigenvalue weighted by Crippen LogP contribution is 2.38. The molecule has 0 aliphatic carbocycles. The zero-order valence-electron chi connectivity index (χ0n) is 13.5. The Bertz CT molecular complexity index is 626. The Morgan fingerprint density at radius 1 is 1.32 bits per heavy atom. The molecular formula is C17H23N3O2. The third-order valence-electron chi connectivity index (χ3n) is 4.33. The monoisotopic (exact) mass is 301 g/mol. The number of benzene rings is 1. The average Bonchev–Trinajstić information content (AvgIpc) is 2.93. The summed E-state index contributed by atoms with van der Waals surface area (Å²) in [5, 5.41) is 4.05. The molecule has 22 heavy (non-hydrogen) atoms. The number of aromatic nitrogens is 2. The second-order valence-electron chi connectivity index (χ2n) is 6.10. The third-order valence-corrected chi connectivity index (χ3v) is 4.33. The van der Waals surface area contributed by atoms with Crippen molar-refractivity contribution in [3.05, 3.63) is 41.5 Å². The van der Waals surface area contributed by atoms with Crippen LogP contribution < -0.4 is 4.74 Å². The molecule has 1 aliphatic heterocycles. The van der Waals surface area contributed by atoms with Crippen molar-refractivity contribution < 1.29 is 9.26 Å². The summed E-state index contributed by atoms with van der Waals surface area (Å²) in [6.45, 7) is 5.88. The number of hydrogen-bond acceptors (Lipinski definition) is 5. The van der Waals surface area contributed by atoms with E-state index >= 15 is 0 Å². The number of para-hydroxylation sites is 1. The first kappa shape index (κ1) is 15.0. The zero-order chi connectivity index (χ0) is 15.5. The van der Waals surface area contributed by atoms with Crippen LogP contribution in [-0.4, -0.2) is 28.7 Å². The van der Waals surface area contributed by atoms with E-state index in [0.717, 1.165) is 24.5 Å². The van der Waals surface area contributed by atoms with Crippen LogP contribution >= 0.6 is 0 Å². The number of hydrogen-bond donors (Lipinski definition) is 0. The largest absolute Gasteiger partial charge is 0.496 e. The summed E-state index contributed by atoms with van der Waals surface area (Å²) < 4.78 is 10.7. The van der Waals surface area contributed by atoms with Crippen LogP contribution in [0.3, 0.4) is 0 Å². The Kier molecular flexibility index (Phi) is 4.43. The number of aryl methyl sites for hydroxylation is 1. The van der Waals surface area contributed by atoms with Crippen molar-refractivity contribution in [1.82, 2.24) is 15.0 Å². The topological polar surface area (TPSA) is 51.4 Å². The van der Waals surface area contributed by atoms with Gasteiger partial charge in [-0.3, -0.25) is 4.90 Å². The molecule has 0 unspecified atom stereocenters. The summed E-state index contributed by atoms with van der Waals surface area (Å²) >= 11 is 0. The molecule has 1 fully saturated rings. The molecule has 0 bridgehead atoms. The number of rotatable bonds is 4. The highest BCUT2D eigenvalue weighted by molar-refractivity contribution is 5.36. The van der Waals surface area contributed by atoms with Crippen LogP contribution in [0.15, 0.2) is 28.8 Å². The lowest BCUT2D eigenvalue weighted by molar-refractivity contribution is 0.100. The first-order valence-electron chi connectivity index (χ1n) is 7.83. The van der Waals surface area contributed by atoms with Crippen molar-refractivity contribution in [2.75, 3.05) is 13.7 Å². The highest BCUT2D eigenvalue weighted by Gasteiger charge is 2.30. The van der Waals surface area contributed by atoms with Crippen LogP contribution in [0, 0.1) is 12.8 Å². The maximum atomic E-state index is 5.55. The number of ether oxygens (including phenoxy) is 1. The van der Waals surface area contributed by atoms with Gasteiger partial charge < -0.3 is 9.26 Å². The van der Waals surface area contributed by atoms with Gasteiger partial charge in [0.05, 0.1) is 13.7 Å². The van der Waals surface area contributed by atoms with Crippen molar-refractivity contribution >= 4 is 0 Å². The molecule has 5 heteroatoms. The maximum absolute atomic E-state index is 5.55. The van der Waals surface area contributed by atoms with Gasteiger partial charge in [0.25, 0.3) is 0 Å². The van der Waals surface area contributed by atoms with E-state index in [1.54, 1.807) is 7.11 Å². The first-order valence-corrected chi connectivity index (χ1v) is 7.83. The van der Waals surface area contributed by atoms with E-state index in [0.29, 0.717) is 24.4 Å². The quantitative estimate of drug-likeness (QED) is 0.866. The van der Waals surface area contributed by atoms with Crippen molar-refractivity contribution in [3.63, 3.8) is 0 Å². The summed E-state index contributed by atoms with van der Waals surface area (Å²) in [7, 11) is 1.73. The van der Waals surface area contributed by atoms with Crippen molar-refractivity contribution in [3.8, 4) is 5.75 Å². The molecule has 0 saturated carbocycles. The molecule has 2 aromatic rings. The van der Waals surface area contributed by atoms with Crippen LogP contribution in [0.4, 0.5) is 0 Å². The van der Waals surface area contributed by atoms with Gasteiger partial charge in [-0.2, -0.15) is 4.98 Å². The van der Waals surface area contributed by atoms with Gasteiger partial charge in [0, 0.05) is 25.1 Å². The Labute approximate surface area is 131 Å². The predicted molar refractivity (Wildman–Crippen MR) is 83.6 cm³/mol. The van der Waals surface area contributed by atoms with E-state index in [4.69, 9.17) is 9.26 Å². The number of likely N-dealkylation sites (tertiary alicyclic amines) is 1. The lowest BCUT2D eigenvalue weighted by atomic mass is 9.89. The molecule has 3 rings (SSSR count). The van der Waals surface area contributed by atoms with Gasteiger partial charge in [-0.15, -0.1) is 0 Å². The Morgan fingerprint density at radius 3 is 2.86 bits per heavy atom. The predicted octanol–water partition coefficient (Wildman–Crippen LogP) is 3.36. The number of piperidine rings is 1. The Morgan fingerprint density at radius 2 is 2.14 bits per heavy atom. The SMILES string of the molecule is COc1ccccc1[C@H]1CC[C@@H](C)CN1Cc1noc(C)n1. The Hall–Kier alpha value is -1.88. The van der Waals surface area contributed by atoms with E-state index in [1.165, 1.54) is 12.0 Å². The molecule has 1 saturated heterocycles. The fraction of sp³-hybridized carbons (Fsp3) is 0.529. The lowest BCUT2D eigenvalue weighted by Gasteiger charge is -2.38. The Balaban J connectivity index is 1.86. The van der Waals surface area contributed by atoms with E-state index in [2.05, 4.69) is 34.1 Å². The second kappa shape index (κ2) is 6.48. The normalized spacial score (nSPS) is 22.7. The van der Waals surface area contributed by atoms with Crippen LogP contribution in [0.2, 0.25) is 0 Å². The van der Waals surface area contributed by atoms with Gasteiger partial charge in [0.1, 0.15) is 5.75 Å². The molecular weight excluding hydrogens is 278 g/mol. The summed E-state index contributed by atoms with van der Waals surface area (Å²) in [5.74, 6) is 3.01. The van der Waals surface area contributed by atoms with Crippen molar-refractivity contribution in [2.24, 2.45) is 5.92 Å². The van der Waals surface area contributed by atoms with E-state index in [-0.39, 0.29) is 0 Å². The standard InChI is InChI=1S/C17H23N3O2/c1-12-8-9-15(14-6-4-5-7-16(14)21-3)20(10-12)11-17-18-13(2)22-19-17/h4-7,12,15H,8-11H2,1-3H3/t12-,15-/m1/s1. The van der Waals surface area contributed by atoms with Crippen LogP contribution in [0.25, 0.3) is 0 Å². The number of nitrogens with zero attached hydrogens (tertiary/aromatic N) is 3. The molecule has 1 aromatic heterocycles. The molecule has 0 amide bonds. The van der Waals surface area contributed by atoms with Gasteiger partial charge in [-0.1, -0.05) is 30.3 Å². The van der Waals surface area contributed by atoms with Gasteiger partial charge in [-0.05, 0) is 24.8 Å². The van der Waals surface area contributed by atoms with E-state index in [1.807, 2.05) is 19.1 Å². The summed E-state index contributed by atoms with van der Waals surface area (Å²) in [5.41, 5.74) is 1.25. The lowest BCUT2D eigenvalue weighted by Crippen LogP contribution is -2.37. The van der Waals surface area contributed by atoms with E-state index < -0.39 is 0 Å². The van der Waals surface area contributed by atoms with Crippen LogP contribution in [0.5, 0.6) is 5.75 Å². The highest BCUT2D eigenvalue weighted by atomic mass is 16.5. The smallest absolute Gasteiger partial charge is 0.223 e. The molecule has 2 atom stereocenters. The van der Waals surface area contributed by atoms with Crippen LogP contribution in [0.1, 0.15) is 43.1 Å². The van der Waals surface area contributed by atoms with Gasteiger partial charge in [-0.25, -0.2) is 0 Å². The van der Waals surface area contributed by atoms with Gasteiger partial charge in [0.15, 0.2) is 5.82 Å².